The smallest absolute Gasteiger partial charge is 0.185 e. The molecule has 0 unspecified atom stereocenters. The summed E-state index contributed by atoms with van der Waals surface area (Å²) in [7, 11) is 1.89. The molecule has 0 amide bonds. The number of hydrogen-bond acceptors (Lipinski definition) is 5. The SMILES string of the molecule is Cc1nn(C)c2nc(N[C@H](C)c3ccccc3O)sc12. The summed E-state index contributed by atoms with van der Waals surface area (Å²) in [5, 5.41) is 18.4. The highest BCUT2D eigenvalue weighted by Gasteiger charge is 2.15. The quantitative estimate of drug-likeness (QED) is 0.777. The van der Waals surface area contributed by atoms with E-state index >= 15 is 0 Å². The van der Waals surface area contributed by atoms with Crippen LogP contribution in [0.1, 0.15) is 24.2 Å². The van der Waals surface area contributed by atoms with Crippen LogP contribution in [0.3, 0.4) is 0 Å². The summed E-state index contributed by atoms with van der Waals surface area (Å²) in [6.45, 7) is 3.99. The minimum Gasteiger partial charge on any atom is -0.508 e. The van der Waals surface area contributed by atoms with Crippen LogP contribution in [-0.2, 0) is 7.05 Å². The molecule has 0 spiro atoms. The first-order valence-corrected chi connectivity index (χ1v) is 7.22. The topological polar surface area (TPSA) is 63.0 Å². The molecule has 1 atom stereocenters. The lowest BCUT2D eigenvalue weighted by molar-refractivity contribution is 0.465. The highest BCUT2D eigenvalue weighted by atomic mass is 32.1. The number of nitrogens with one attached hydrogen (secondary N) is 1. The van der Waals surface area contributed by atoms with Gasteiger partial charge in [-0.05, 0) is 19.9 Å². The van der Waals surface area contributed by atoms with Gasteiger partial charge < -0.3 is 10.4 Å². The van der Waals surface area contributed by atoms with Crippen molar-refractivity contribution in [1.82, 2.24) is 14.8 Å². The van der Waals surface area contributed by atoms with Crippen molar-refractivity contribution >= 4 is 26.8 Å². The van der Waals surface area contributed by atoms with Gasteiger partial charge in [0.15, 0.2) is 10.8 Å². The molecule has 0 aliphatic rings. The number of para-hydroxylation sites is 1. The molecule has 0 fully saturated rings. The number of benzene rings is 1. The average Bonchev–Trinajstić information content (AvgIpc) is 2.92. The van der Waals surface area contributed by atoms with Crippen molar-refractivity contribution in [1.29, 1.82) is 0 Å². The van der Waals surface area contributed by atoms with Crippen LogP contribution in [0.4, 0.5) is 5.13 Å². The van der Waals surface area contributed by atoms with Crippen molar-refractivity contribution in [3.05, 3.63) is 35.5 Å². The van der Waals surface area contributed by atoms with Crippen molar-refractivity contribution in [2.75, 3.05) is 5.32 Å². The van der Waals surface area contributed by atoms with Crippen LogP contribution in [-0.4, -0.2) is 19.9 Å². The maximum Gasteiger partial charge on any atom is 0.185 e. The largest absolute Gasteiger partial charge is 0.508 e. The number of hydrogen-bond donors (Lipinski definition) is 2. The van der Waals surface area contributed by atoms with Crippen LogP contribution in [0, 0.1) is 6.92 Å². The van der Waals surface area contributed by atoms with Gasteiger partial charge in [-0.25, -0.2) is 9.67 Å². The number of phenols is 1. The van der Waals surface area contributed by atoms with E-state index in [0.717, 1.165) is 26.7 Å². The maximum atomic E-state index is 9.88. The lowest BCUT2D eigenvalue weighted by atomic mass is 10.1. The molecule has 6 heteroatoms. The predicted molar refractivity (Wildman–Crippen MR) is 81.3 cm³/mol. The summed E-state index contributed by atoms with van der Waals surface area (Å²) in [6, 6.07) is 7.33. The van der Waals surface area contributed by atoms with Gasteiger partial charge in [0, 0.05) is 12.6 Å². The van der Waals surface area contributed by atoms with E-state index in [2.05, 4.69) is 15.4 Å². The predicted octanol–water partition coefficient (Wildman–Crippen LogP) is 3.22. The Morgan fingerprint density at radius 1 is 1.35 bits per heavy atom. The minimum atomic E-state index is -0.00923. The van der Waals surface area contributed by atoms with Gasteiger partial charge in [-0.1, -0.05) is 29.5 Å². The Morgan fingerprint density at radius 2 is 2.10 bits per heavy atom. The third kappa shape index (κ3) is 2.12. The number of anilines is 1. The fraction of sp³-hybridized carbons (Fsp3) is 0.286. The Balaban J connectivity index is 1.89. The number of aryl methyl sites for hydroxylation is 2. The second-order valence-corrected chi connectivity index (χ2v) is 5.80. The van der Waals surface area contributed by atoms with Crippen LogP contribution in [0.5, 0.6) is 5.75 Å². The number of rotatable bonds is 3. The Hall–Kier alpha value is -2.08. The lowest BCUT2D eigenvalue weighted by Crippen LogP contribution is -2.06. The number of aromatic hydroxyl groups is 1. The highest BCUT2D eigenvalue weighted by molar-refractivity contribution is 7.22. The average molecular weight is 288 g/mol. The molecule has 0 radical (unpaired) electrons. The maximum absolute atomic E-state index is 9.88. The summed E-state index contributed by atoms with van der Waals surface area (Å²) < 4.78 is 2.89. The fourth-order valence-corrected chi connectivity index (χ4v) is 3.28. The molecule has 0 aliphatic heterocycles. The third-order valence-electron chi connectivity index (χ3n) is 3.29. The first-order chi connectivity index (χ1) is 9.56. The number of nitrogens with zero attached hydrogens (tertiary/aromatic N) is 3. The molecule has 2 aromatic heterocycles. The Labute approximate surface area is 120 Å². The minimum absolute atomic E-state index is 0.00923. The normalized spacial score (nSPS) is 12.8. The van der Waals surface area contributed by atoms with Crippen molar-refractivity contribution in [2.45, 2.75) is 19.9 Å². The van der Waals surface area contributed by atoms with Crippen LogP contribution in [0.2, 0.25) is 0 Å². The molecule has 0 saturated heterocycles. The van der Waals surface area contributed by atoms with E-state index in [9.17, 15) is 5.11 Å². The molecule has 5 nitrogen and oxygen atoms in total. The summed E-state index contributed by atoms with van der Waals surface area (Å²) in [6.07, 6.45) is 0. The second kappa shape index (κ2) is 4.79. The molecule has 3 rings (SSSR count). The van der Waals surface area contributed by atoms with Crippen molar-refractivity contribution in [3.8, 4) is 5.75 Å². The first kappa shape index (κ1) is 12.9. The van der Waals surface area contributed by atoms with Gasteiger partial charge in [-0.2, -0.15) is 5.10 Å². The molecular formula is C14H16N4OS. The van der Waals surface area contributed by atoms with Crippen LogP contribution < -0.4 is 5.32 Å². The van der Waals surface area contributed by atoms with Gasteiger partial charge in [-0.3, -0.25) is 0 Å². The zero-order valence-electron chi connectivity index (χ0n) is 11.6. The monoisotopic (exact) mass is 288 g/mol. The van der Waals surface area contributed by atoms with E-state index in [1.807, 2.05) is 39.1 Å². The number of aromatic nitrogens is 3. The van der Waals surface area contributed by atoms with Crippen LogP contribution in [0.25, 0.3) is 10.3 Å². The van der Waals surface area contributed by atoms with Crippen LogP contribution >= 0.6 is 11.3 Å². The van der Waals surface area contributed by atoms with E-state index in [1.165, 1.54) is 0 Å². The van der Waals surface area contributed by atoms with Gasteiger partial charge in [0.05, 0.1) is 16.4 Å². The van der Waals surface area contributed by atoms with Crippen molar-refractivity contribution in [2.24, 2.45) is 7.05 Å². The van der Waals surface area contributed by atoms with Crippen molar-refractivity contribution < 1.29 is 5.11 Å². The van der Waals surface area contributed by atoms with E-state index < -0.39 is 0 Å². The van der Waals surface area contributed by atoms with E-state index in [4.69, 9.17) is 0 Å². The zero-order chi connectivity index (χ0) is 14.3. The van der Waals surface area contributed by atoms with Gasteiger partial charge >= 0.3 is 0 Å². The van der Waals surface area contributed by atoms with Gasteiger partial charge in [0.1, 0.15) is 5.75 Å². The Kier molecular flexibility index (Phi) is 3.10. The highest BCUT2D eigenvalue weighted by Crippen LogP contribution is 2.32. The standard InChI is InChI=1S/C14H16N4OS/c1-8(10-6-4-5-7-11(10)19)15-14-16-13-12(20-14)9(2)17-18(13)3/h4-8,19H,1-3H3,(H,15,16)/t8-/m1/s1. The summed E-state index contributed by atoms with van der Waals surface area (Å²) in [5.74, 6) is 0.298. The van der Waals surface area contributed by atoms with Crippen LogP contribution in [0.15, 0.2) is 24.3 Å². The van der Waals surface area contributed by atoms with Gasteiger partial charge in [0.2, 0.25) is 0 Å². The number of phenolic OH excluding ortho intramolecular Hbond substituents is 1. The van der Waals surface area contributed by atoms with Crippen molar-refractivity contribution in [3.63, 3.8) is 0 Å². The molecule has 0 aliphatic carbocycles. The fourth-order valence-electron chi connectivity index (χ4n) is 2.26. The molecule has 0 bridgehead atoms. The van der Waals surface area contributed by atoms with E-state index in [-0.39, 0.29) is 6.04 Å². The molecule has 104 valence electrons. The van der Waals surface area contributed by atoms with Gasteiger partial charge in [0.25, 0.3) is 0 Å². The Morgan fingerprint density at radius 3 is 2.80 bits per heavy atom. The molecule has 2 heterocycles. The molecule has 3 aromatic rings. The Bertz CT molecular complexity index is 727. The number of fused-ring (bicyclic) bond motifs is 1. The zero-order valence-corrected chi connectivity index (χ0v) is 12.4. The molecular weight excluding hydrogens is 272 g/mol. The lowest BCUT2D eigenvalue weighted by Gasteiger charge is -2.14. The van der Waals surface area contributed by atoms with E-state index in [0.29, 0.717) is 5.75 Å². The number of thiazole rings is 1. The molecule has 0 saturated carbocycles. The first-order valence-electron chi connectivity index (χ1n) is 6.41. The second-order valence-electron chi connectivity index (χ2n) is 4.81. The summed E-state index contributed by atoms with van der Waals surface area (Å²) in [5.41, 5.74) is 2.74. The molecule has 20 heavy (non-hydrogen) atoms. The van der Waals surface area contributed by atoms with Gasteiger partial charge in [-0.15, -0.1) is 0 Å². The van der Waals surface area contributed by atoms with E-state index in [1.54, 1.807) is 22.1 Å². The summed E-state index contributed by atoms with van der Waals surface area (Å²) >= 11 is 1.59. The third-order valence-corrected chi connectivity index (χ3v) is 4.37. The molecule has 2 N–H and O–H groups in total. The molecule has 1 aromatic carbocycles. The summed E-state index contributed by atoms with van der Waals surface area (Å²) in [4.78, 5) is 4.55.